The number of nitrogens with one attached hydrogen (secondary N) is 2. The first kappa shape index (κ1) is 13.4. The Morgan fingerprint density at radius 2 is 1.85 bits per heavy atom. The third-order valence-corrected chi connectivity index (χ3v) is 4.45. The molecule has 1 heterocycles. The van der Waals surface area contributed by atoms with E-state index in [1.807, 2.05) is 12.1 Å². The Morgan fingerprint density at radius 1 is 1.25 bits per heavy atom. The van der Waals surface area contributed by atoms with E-state index in [9.17, 15) is 4.79 Å². The van der Waals surface area contributed by atoms with Crippen LogP contribution in [0.5, 0.6) is 0 Å². The van der Waals surface area contributed by atoms with Crippen LogP contribution in [0.4, 0.5) is 11.4 Å². The van der Waals surface area contributed by atoms with E-state index in [0.29, 0.717) is 0 Å². The molecule has 1 atom stereocenters. The molecule has 4 heteroatoms. The largest absolute Gasteiger partial charge is 0.369 e. The zero-order valence-corrected chi connectivity index (χ0v) is 12.3. The topological polar surface area (TPSA) is 44.4 Å². The molecule has 1 aliphatic heterocycles. The fourth-order valence-electron chi connectivity index (χ4n) is 2.82. The standard InChI is InChI=1S/C16H23N3O/c1-16(2)11-14(16)15(20)18-12-3-5-13(6-4-12)19-9-7-17-8-10-19/h3-6,14,17H,7-11H2,1-2H3,(H,18,20). The van der Waals surface area contributed by atoms with Gasteiger partial charge in [-0.3, -0.25) is 4.79 Å². The van der Waals surface area contributed by atoms with E-state index >= 15 is 0 Å². The van der Waals surface area contributed by atoms with Crippen LogP contribution in [0.1, 0.15) is 20.3 Å². The predicted octanol–water partition coefficient (Wildman–Crippen LogP) is 2.08. The number of hydrogen-bond acceptors (Lipinski definition) is 3. The molecule has 2 aliphatic rings. The molecular formula is C16H23N3O. The molecule has 1 aliphatic carbocycles. The summed E-state index contributed by atoms with van der Waals surface area (Å²) in [5, 5.41) is 6.37. The Balaban J connectivity index is 1.60. The van der Waals surface area contributed by atoms with Crippen LogP contribution in [0.2, 0.25) is 0 Å². The lowest BCUT2D eigenvalue weighted by atomic mass is 10.1. The summed E-state index contributed by atoms with van der Waals surface area (Å²) in [6, 6.07) is 8.20. The Labute approximate surface area is 120 Å². The van der Waals surface area contributed by atoms with Crippen LogP contribution in [-0.2, 0) is 4.79 Å². The van der Waals surface area contributed by atoms with Crippen molar-refractivity contribution >= 4 is 17.3 Å². The first-order valence-corrected chi connectivity index (χ1v) is 7.43. The Morgan fingerprint density at radius 3 is 2.40 bits per heavy atom. The van der Waals surface area contributed by atoms with Crippen molar-refractivity contribution < 1.29 is 4.79 Å². The summed E-state index contributed by atoms with van der Waals surface area (Å²) in [4.78, 5) is 14.4. The highest BCUT2D eigenvalue weighted by molar-refractivity contribution is 5.95. The summed E-state index contributed by atoms with van der Waals surface area (Å²) in [6.45, 7) is 8.45. The lowest BCUT2D eigenvalue weighted by molar-refractivity contribution is -0.117. The highest BCUT2D eigenvalue weighted by Crippen LogP contribution is 2.51. The molecule has 2 N–H and O–H groups in total. The molecule has 1 aromatic rings. The van der Waals surface area contributed by atoms with Gasteiger partial charge in [0.1, 0.15) is 0 Å². The summed E-state index contributed by atoms with van der Waals surface area (Å²) < 4.78 is 0. The molecule has 1 unspecified atom stereocenters. The lowest BCUT2D eigenvalue weighted by Gasteiger charge is -2.29. The van der Waals surface area contributed by atoms with Crippen LogP contribution >= 0.6 is 0 Å². The predicted molar refractivity (Wildman–Crippen MR) is 82.0 cm³/mol. The van der Waals surface area contributed by atoms with Crippen molar-refractivity contribution in [3.05, 3.63) is 24.3 Å². The van der Waals surface area contributed by atoms with E-state index in [4.69, 9.17) is 0 Å². The maximum Gasteiger partial charge on any atom is 0.228 e. The van der Waals surface area contributed by atoms with Crippen LogP contribution in [0.15, 0.2) is 24.3 Å². The van der Waals surface area contributed by atoms with Gasteiger partial charge in [0.15, 0.2) is 0 Å². The quantitative estimate of drug-likeness (QED) is 0.886. The number of piperazine rings is 1. The number of hydrogen-bond donors (Lipinski definition) is 2. The number of nitrogens with zero attached hydrogens (tertiary/aromatic N) is 1. The smallest absolute Gasteiger partial charge is 0.228 e. The SMILES string of the molecule is CC1(C)CC1C(=O)Nc1ccc(N2CCNCC2)cc1. The molecule has 1 amide bonds. The molecule has 1 saturated heterocycles. The van der Waals surface area contributed by atoms with Crippen molar-refractivity contribution in [1.29, 1.82) is 0 Å². The molecule has 108 valence electrons. The minimum Gasteiger partial charge on any atom is -0.369 e. The van der Waals surface area contributed by atoms with Gasteiger partial charge in [-0.15, -0.1) is 0 Å². The van der Waals surface area contributed by atoms with Gasteiger partial charge in [0.05, 0.1) is 0 Å². The van der Waals surface area contributed by atoms with Crippen LogP contribution in [0, 0.1) is 11.3 Å². The van der Waals surface area contributed by atoms with Gasteiger partial charge in [-0.1, -0.05) is 13.8 Å². The van der Waals surface area contributed by atoms with Gasteiger partial charge < -0.3 is 15.5 Å². The molecular weight excluding hydrogens is 250 g/mol. The average Bonchev–Trinajstić information content (AvgIpc) is 3.10. The highest BCUT2D eigenvalue weighted by Gasteiger charge is 2.50. The summed E-state index contributed by atoms with van der Waals surface area (Å²) in [7, 11) is 0. The maximum atomic E-state index is 12.0. The van der Waals surface area contributed by atoms with Crippen molar-refractivity contribution in [3.8, 4) is 0 Å². The summed E-state index contributed by atoms with van der Waals surface area (Å²) in [5.74, 6) is 0.334. The van der Waals surface area contributed by atoms with Gasteiger partial charge in [-0.2, -0.15) is 0 Å². The van der Waals surface area contributed by atoms with E-state index in [-0.39, 0.29) is 17.2 Å². The maximum absolute atomic E-state index is 12.0. The Bertz CT molecular complexity index is 489. The van der Waals surface area contributed by atoms with Crippen LogP contribution in [-0.4, -0.2) is 32.1 Å². The second-order valence-corrected chi connectivity index (χ2v) is 6.52. The van der Waals surface area contributed by atoms with E-state index in [1.54, 1.807) is 0 Å². The fraction of sp³-hybridized carbons (Fsp3) is 0.562. The Hall–Kier alpha value is -1.55. The zero-order valence-electron chi connectivity index (χ0n) is 12.3. The third kappa shape index (κ3) is 2.80. The molecule has 0 radical (unpaired) electrons. The first-order valence-electron chi connectivity index (χ1n) is 7.43. The second-order valence-electron chi connectivity index (χ2n) is 6.52. The van der Waals surface area contributed by atoms with Gasteiger partial charge in [0.25, 0.3) is 0 Å². The van der Waals surface area contributed by atoms with Gasteiger partial charge in [0, 0.05) is 43.5 Å². The number of benzene rings is 1. The highest BCUT2D eigenvalue weighted by atomic mass is 16.2. The van der Waals surface area contributed by atoms with Crippen LogP contribution < -0.4 is 15.5 Å². The molecule has 1 aromatic carbocycles. The first-order chi connectivity index (χ1) is 9.56. The average molecular weight is 273 g/mol. The summed E-state index contributed by atoms with van der Waals surface area (Å²) in [5.41, 5.74) is 2.32. The van der Waals surface area contributed by atoms with E-state index < -0.39 is 0 Å². The molecule has 2 fully saturated rings. The van der Waals surface area contributed by atoms with Crippen molar-refractivity contribution in [1.82, 2.24) is 5.32 Å². The van der Waals surface area contributed by atoms with E-state index in [0.717, 1.165) is 38.3 Å². The van der Waals surface area contributed by atoms with E-state index in [1.165, 1.54) is 5.69 Å². The molecule has 0 spiro atoms. The minimum atomic E-state index is 0.157. The zero-order chi connectivity index (χ0) is 14.2. The minimum absolute atomic E-state index is 0.157. The summed E-state index contributed by atoms with van der Waals surface area (Å²) >= 11 is 0. The normalized spacial score (nSPS) is 24.3. The monoisotopic (exact) mass is 273 g/mol. The lowest BCUT2D eigenvalue weighted by Crippen LogP contribution is -2.43. The van der Waals surface area contributed by atoms with Crippen LogP contribution in [0.25, 0.3) is 0 Å². The Kier molecular flexibility index (Phi) is 3.42. The van der Waals surface area contributed by atoms with Gasteiger partial charge in [-0.25, -0.2) is 0 Å². The molecule has 20 heavy (non-hydrogen) atoms. The molecule has 4 nitrogen and oxygen atoms in total. The second kappa shape index (κ2) is 5.09. The van der Waals surface area contributed by atoms with E-state index in [2.05, 4.69) is 41.5 Å². The number of amides is 1. The van der Waals surface area contributed by atoms with Crippen LogP contribution in [0.3, 0.4) is 0 Å². The van der Waals surface area contributed by atoms with Crippen molar-refractivity contribution in [3.63, 3.8) is 0 Å². The third-order valence-electron chi connectivity index (χ3n) is 4.45. The number of carbonyl (C=O) groups excluding carboxylic acids is 1. The van der Waals surface area contributed by atoms with Gasteiger partial charge >= 0.3 is 0 Å². The van der Waals surface area contributed by atoms with Crippen molar-refractivity contribution in [2.45, 2.75) is 20.3 Å². The van der Waals surface area contributed by atoms with Gasteiger partial charge in [0.2, 0.25) is 5.91 Å². The molecule has 3 rings (SSSR count). The fourth-order valence-corrected chi connectivity index (χ4v) is 2.82. The van der Waals surface area contributed by atoms with Crippen molar-refractivity contribution in [2.24, 2.45) is 11.3 Å². The molecule has 0 bridgehead atoms. The summed E-state index contributed by atoms with van der Waals surface area (Å²) in [6.07, 6.45) is 0.998. The van der Waals surface area contributed by atoms with Gasteiger partial charge in [-0.05, 0) is 36.1 Å². The number of carbonyl (C=O) groups is 1. The number of rotatable bonds is 3. The number of anilines is 2. The molecule has 1 saturated carbocycles. The molecule has 0 aromatic heterocycles. The van der Waals surface area contributed by atoms with Crippen molar-refractivity contribution in [2.75, 3.05) is 36.4 Å².